The Balaban J connectivity index is 0.728. The Hall–Kier alpha value is -5.46. The van der Waals surface area contributed by atoms with Gasteiger partial charge in [0.2, 0.25) is 29.5 Å². The number of hydrogen-bond donors (Lipinski definition) is 7. The van der Waals surface area contributed by atoms with Crippen LogP contribution in [0.1, 0.15) is 96.4 Å². The summed E-state index contributed by atoms with van der Waals surface area (Å²) in [4.78, 5) is 84.9. The van der Waals surface area contributed by atoms with E-state index in [1.807, 2.05) is 64.4 Å². The minimum Gasteiger partial charge on any atom is -0.391 e. The van der Waals surface area contributed by atoms with Gasteiger partial charge < -0.3 is 61.9 Å². The Bertz CT molecular complexity index is 2670. The number of aliphatic hydroxyl groups excluding tert-OH is 1. The number of rotatable bonds is 24. The third kappa shape index (κ3) is 16.1. The van der Waals surface area contributed by atoms with E-state index in [2.05, 4.69) is 41.1 Å². The molecule has 7 rings (SSSR count). The number of likely N-dealkylation sites (tertiary alicyclic amines) is 1. The van der Waals surface area contributed by atoms with Crippen LogP contribution in [-0.4, -0.2) is 145 Å². The highest BCUT2D eigenvalue weighted by molar-refractivity contribution is 7.99. The zero-order valence-corrected chi connectivity index (χ0v) is 47.0. The van der Waals surface area contributed by atoms with Gasteiger partial charge >= 0.3 is 0 Å². The van der Waals surface area contributed by atoms with Crippen molar-refractivity contribution in [2.24, 2.45) is 16.6 Å². The van der Waals surface area contributed by atoms with Crippen molar-refractivity contribution in [3.63, 3.8) is 0 Å². The van der Waals surface area contributed by atoms with Gasteiger partial charge in [0.05, 0.1) is 84.8 Å². The Labute approximate surface area is 463 Å². The molecule has 2 aromatic carbocycles. The second-order valence-electron chi connectivity index (χ2n) is 21.0. The lowest BCUT2D eigenvalue weighted by atomic mass is 9.74. The summed E-state index contributed by atoms with van der Waals surface area (Å²) >= 11 is 9.50. The Morgan fingerprint density at radius 2 is 1.64 bits per heavy atom. The summed E-state index contributed by atoms with van der Waals surface area (Å²) < 4.78 is 16.7. The van der Waals surface area contributed by atoms with Crippen molar-refractivity contribution in [2.75, 3.05) is 81.8 Å². The number of anilines is 3. The van der Waals surface area contributed by atoms with Crippen molar-refractivity contribution in [1.29, 1.82) is 0 Å². The SMILES string of the molecule is Cc1ncsc1-c1ccc([C@H](C)NC(=O)[C@@H]2C[C@@H](O)CN2C(=O)[C@@H](NC(=O)CCOCCOCCOCCNC(=O)CC(=O)Nc2cccc(Sc3ncc(N4CCC5(CCC[C@@H]5N)CC4)nc3N)c2Cl)C(C)(C)C)cc1. The molecule has 1 aliphatic carbocycles. The van der Waals surface area contributed by atoms with Crippen LogP contribution in [0.4, 0.5) is 17.3 Å². The van der Waals surface area contributed by atoms with Crippen LogP contribution in [0, 0.1) is 17.8 Å². The average molecular weight is 1120 g/mol. The molecule has 20 nitrogen and oxygen atoms in total. The van der Waals surface area contributed by atoms with Gasteiger partial charge in [-0.05, 0) is 73.6 Å². The fourth-order valence-corrected chi connectivity index (χ4v) is 11.9. The Morgan fingerprint density at radius 3 is 2.29 bits per heavy atom. The summed E-state index contributed by atoms with van der Waals surface area (Å²) in [6.45, 7) is 12.4. The number of carbonyl (C=O) groups excluding carboxylic acids is 5. The lowest BCUT2D eigenvalue weighted by Gasteiger charge is -2.42. The maximum absolute atomic E-state index is 14.0. The second-order valence-corrected chi connectivity index (χ2v) is 23.3. The van der Waals surface area contributed by atoms with Gasteiger partial charge in [-0.1, -0.05) is 80.9 Å². The molecule has 23 heteroatoms. The number of aromatic nitrogens is 3. The summed E-state index contributed by atoms with van der Waals surface area (Å²) in [6.07, 6.45) is 6.01. The number of nitrogens with zero attached hydrogens (tertiary/aromatic N) is 5. The predicted octanol–water partition coefficient (Wildman–Crippen LogP) is 5.65. The van der Waals surface area contributed by atoms with E-state index in [1.165, 1.54) is 29.5 Å². The molecule has 0 bridgehead atoms. The highest BCUT2D eigenvalue weighted by Gasteiger charge is 2.45. The van der Waals surface area contributed by atoms with Crippen molar-refractivity contribution >= 4 is 81.6 Å². The van der Waals surface area contributed by atoms with E-state index in [0.717, 1.165) is 59.9 Å². The molecular weight excluding hydrogens is 1050 g/mol. The number of ether oxygens (including phenoxy) is 3. The van der Waals surface area contributed by atoms with Crippen molar-refractivity contribution in [3.8, 4) is 10.4 Å². The van der Waals surface area contributed by atoms with Crippen molar-refractivity contribution in [1.82, 2.24) is 35.8 Å². The smallest absolute Gasteiger partial charge is 0.246 e. The van der Waals surface area contributed by atoms with Gasteiger partial charge in [-0.25, -0.2) is 15.0 Å². The molecule has 4 heterocycles. The first-order chi connectivity index (χ1) is 36.8. The van der Waals surface area contributed by atoms with Crippen LogP contribution in [0.25, 0.3) is 10.4 Å². The number of nitrogens with two attached hydrogens (primary N) is 2. The Morgan fingerprint density at radius 1 is 0.935 bits per heavy atom. The number of aryl methyl sites for hydroxylation is 1. The van der Waals surface area contributed by atoms with E-state index in [4.69, 9.17) is 37.3 Å². The predicted molar refractivity (Wildman–Crippen MR) is 297 cm³/mol. The molecular formula is C54H74ClN11O9S2. The fourth-order valence-electron chi connectivity index (χ4n) is 9.99. The third-order valence-corrected chi connectivity index (χ3v) is 17.0. The van der Waals surface area contributed by atoms with Gasteiger partial charge in [0.15, 0.2) is 5.82 Å². The minimum absolute atomic E-state index is 0.0138. The summed E-state index contributed by atoms with van der Waals surface area (Å²) in [5.41, 5.74) is 17.4. The average Bonchev–Trinajstić information content (AvgIpc) is 4.13. The molecule has 1 spiro atoms. The van der Waals surface area contributed by atoms with Crippen LogP contribution in [0.3, 0.4) is 0 Å². The number of amides is 5. The molecule has 2 aromatic heterocycles. The monoisotopic (exact) mass is 1120 g/mol. The van der Waals surface area contributed by atoms with E-state index in [9.17, 15) is 29.1 Å². The molecule has 2 aliphatic heterocycles. The third-order valence-electron chi connectivity index (χ3n) is 14.4. The summed E-state index contributed by atoms with van der Waals surface area (Å²) in [7, 11) is 0. The van der Waals surface area contributed by atoms with Crippen LogP contribution in [-0.2, 0) is 38.2 Å². The van der Waals surface area contributed by atoms with Gasteiger partial charge in [-0.3, -0.25) is 24.0 Å². The lowest BCUT2D eigenvalue weighted by Crippen LogP contribution is -2.58. The number of thiazole rings is 1. The summed E-state index contributed by atoms with van der Waals surface area (Å²) in [5.74, 6) is -1.24. The van der Waals surface area contributed by atoms with E-state index >= 15 is 0 Å². The lowest BCUT2D eigenvalue weighted by molar-refractivity contribution is -0.144. The van der Waals surface area contributed by atoms with Crippen LogP contribution < -0.4 is 37.6 Å². The molecule has 0 radical (unpaired) electrons. The Kier molecular flexibility index (Phi) is 21.1. The maximum Gasteiger partial charge on any atom is 0.246 e. The van der Waals surface area contributed by atoms with Crippen LogP contribution in [0.15, 0.2) is 64.1 Å². The molecule has 5 atom stereocenters. The summed E-state index contributed by atoms with van der Waals surface area (Å²) in [6, 6.07) is 11.1. The van der Waals surface area contributed by atoms with E-state index < -0.39 is 53.7 Å². The molecule has 0 unspecified atom stereocenters. The molecule has 418 valence electrons. The maximum atomic E-state index is 14.0. The van der Waals surface area contributed by atoms with E-state index in [-0.39, 0.29) is 99.8 Å². The van der Waals surface area contributed by atoms with Crippen molar-refractivity contribution in [3.05, 3.63) is 70.5 Å². The number of halogens is 1. The first-order valence-electron chi connectivity index (χ1n) is 26.3. The molecule has 3 aliphatic rings. The molecule has 2 saturated heterocycles. The van der Waals surface area contributed by atoms with Gasteiger partial charge in [0.25, 0.3) is 0 Å². The number of piperidine rings is 1. The number of β-amino-alcohol motifs (C(OH)–C–C–N with tert-alkyl or cyclic N) is 1. The molecule has 4 aromatic rings. The van der Waals surface area contributed by atoms with Crippen LogP contribution in [0.5, 0.6) is 0 Å². The van der Waals surface area contributed by atoms with Crippen molar-refractivity contribution in [2.45, 2.75) is 126 Å². The number of hydrogen-bond acceptors (Lipinski definition) is 17. The first kappa shape index (κ1) is 59.2. The zero-order chi connectivity index (χ0) is 55.3. The number of nitrogen functional groups attached to an aromatic ring is 1. The van der Waals surface area contributed by atoms with Crippen molar-refractivity contribution < 1.29 is 43.3 Å². The zero-order valence-electron chi connectivity index (χ0n) is 44.6. The normalized spacial score (nSPS) is 19.0. The number of nitrogens with one attached hydrogen (secondary N) is 4. The highest BCUT2D eigenvalue weighted by atomic mass is 35.5. The van der Waals surface area contributed by atoms with Gasteiger partial charge in [-0.15, -0.1) is 11.3 Å². The highest BCUT2D eigenvalue weighted by Crippen LogP contribution is 2.46. The number of benzene rings is 2. The molecule has 3 fully saturated rings. The fraction of sp³-hybridized carbons (Fsp3) is 0.556. The molecule has 5 amide bonds. The van der Waals surface area contributed by atoms with Gasteiger partial charge in [0.1, 0.15) is 29.3 Å². The van der Waals surface area contributed by atoms with Gasteiger partial charge in [0, 0.05) is 50.0 Å². The van der Waals surface area contributed by atoms with E-state index in [0.29, 0.717) is 15.6 Å². The standard InChI is InChI=1S/C54H74ClN11O9S2/c1-33(35-11-13-36(14-12-35)47-34(2)60-32-76-47)61-50(71)39-28-37(67)31-66(39)52(72)48(53(3,4)5)64-43(68)15-22-73-24-26-75-27-25-74-23-19-58-44(69)29-45(70)62-38-8-6-9-40(46(38)55)77-51-49(57)63-42(30-59-51)65-20-17-54(18-21-65)16-7-10-41(54)56/h6,8-9,11-14,30,32-33,37,39,41,48,67H,7,10,15-29,31,56H2,1-5H3,(H2,57,63)(H,58,69)(H,61,71)(H,62,70)(H,64,68)/t33-,37+,39-,41-,48+/m0/s1. The molecule has 77 heavy (non-hydrogen) atoms. The first-order valence-corrected chi connectivity index (χ1v) is 28.4. The number of carbonyl (C=O) groups is 5. The second kappa shape index (κ2) is 27.4. The van der Waals surface area contributed by atoms with Crippen LogP contribution in [0.2, 0.25) is 5.02 Å². The molecule has 9 N–H and O–H groups in total. The van der Waals surface area contributed by atoms with Crippen LogP contribution >= 0.6 is 34.7 Å². The van der Waals surface area contributed by atoms with E-state index in [1.54, 1.807) is 35.7 Å². The minimum atomic E-state index is -0.964. The largest absolute Gasteiger partial charge is 0.391 e. The molecule has 1 saturated carbocycles. The summed E-state index contributed by atoms with van der Waals surface area (Å²) in [5, 5.41) is 22.6. The quantitative estimate of drug-likeness (QED) is 0.0330. The topological polar surface area (TPSA) is 279 Å². The number of aliphatic hydroxyl groups is 1. The van der Waals surface area contributed by atoms with Gasteiger partial charge in [-0.2, -0.15) is 0 Å².